The molecule has 0 unspecified atom stereocenters. The van der Waals surface area contributed by atoms with Gasteiger partial charge in [0.05, 0.1) is 12.3 Å². The average Bonchev–Trinajstić information content (AvgIpc) is 2.88. The topological polar surface area (TPSA) is 73.0 Å². The smallest absolute Gasteiger partial charge is 0.252 e. The van der Waals surface area contributed by atoms with Gasteiger partial charge < -0.3 is 15.0 Å². The summed E-state index contributed by atoms with van der Waals surface area (Å²) in [5.74, 6) is 0.919. The van der Waals surface area contributed by atoms with Crippen LogP contribution in [0.15, 0.2) is 29.1 Å². The summed E-state index contributed by atoms with van der Waals surface area (Å²) in [5.41, 5.74) is 8.34. The van der Waals surface area contributed by atoms with Gasteiger partial charge in [-0.05, 0) is 41.5 Å². The Morgan fingerprint density at radius 1 is 1.40 bits per heavy atom. The third-order valence-corrected chi connectivity index (χ3v) is 3.69. The molecule has 0 fully saturated rings. The van der Waals surface area contributed by atoms with Crippen molar-refractivity contribution >= 4 is 12.2 Å². The van der Waals surface area contributed by atoms with E-state index in [0.29, 0.717) is 24.5 Å². The summed E-state index contributed by atoms with van der Waals surface area (Å²) in [6, 6.07) is 7.50. The van der Waals surface area contributed by atoms with Crippen LogP contribution < -0.4 is 16.0 Å². The van der Waals surface area contributed by atoms with Crippen molar-refractivity contribution < 1.29 is 4.74 Å². The third kappa shape index (κ3) is 2.28. The lowest BCUT2D eigenvalue weighted by Crippen LogP contribution is -2.18. The number of nitrogens with zero attached hydrogens (tertiary/aromatic N) is 1. The first kappa shape index (κ1) is 13.1. The third-order valence-electron chi connectivity index (χ3n) is 3.37. The van der Waals surface area contributed by atoms with Crippen LogP contribution in [0.25, 0.3) is 11.3 Å². The van der Waals surface area contributed by atoms with Crippen molar-refractivity contribution in [2.75, 3.05) is 13.2 Å². The summed E-state index contributed by atoms with van der Waals surface area (Å²) >= 11 is 5.22. The van der Waals surface area contributed by atoms with Gasteiger partial charge in [-0.15, -0.1) is 0 Å². The van der Waals surface area contributed by atoms with E-state index in [1.165, 1.54) is 0 Å². The molecule has 20 heavy (non-hydrogen) atoms. The van der Waals surface area contributed by atoms with E-state index < -0.39 is 0 Å². The van der Waals surface area contributed by atoms with Crippen molar-refractivity contribution in [2.45, 2.75) is 13.0 Å². The number of rotatable bonds is 3. The van der Waals surface area contributed by atoms with Gasteiger partial charge in [-0.2, -0.15) is 0 Å². The molecule has 1 aliphatic heterocycles. The molecule has 0 atom stereocenters. The van der Waals surface area contributed by atoms with Crippen molar-refractivity contribution in [3.8, 4) is 17.0 Å². The van der Waals surface area contributed by atoms with Crippen LogP contribution in [0.5, 0.6) is 5.75 Å². The van der Waals surface area contributed by atoms with Gasteiger partial charge in [0.25, 0.3) is 5.56 Å². The number of hydrogen-bond donors (Lipinski definition) is 2. The highest BCUT2D eigenvalue weighted by atomic mass is 32.1. The van der Waals surface area contributed by atoms with Crippen LogP contribution in [-0.4, -0.2) is 22.7 Å². The summed E-state index contributed by atoms with van der Waals surface area (Å²) in [6.45, 7) is 1.74. The molecule has 2 heterocycles. The fraction of sp³-hybridized carbons (Fsp3) is 0.286. The molecule has 6 heteroatoms. The largest absolute Gasteiger partial charge is 0.493 e. The SMILES string of the molecule is NCCn1c(-c2ccc3c(c2)CCO3)cc(=O)[nH]c1=S. The van der Waals surface area contributed by atoms with Crippen LogP contribution in [0, 0.1) is 4.77 Å². The molecule has 2 aromatic rings. The van der Waals surface area contributed by atoms with Crippen molar-refractivity contribution in [2.24, 2.45) is 5.73 Å². The van der Waals surface area contributed by atoms with E-state index in [9.17, 15) is 4.79 Å². The zero-order valence-electron chi connectivity index (χ0n) is 10.9. The first-order chi connectivity index (χ1) is 9.69. The van der Waals surface area contributed by atoms with Crippen LogP contribution in [0.3, 0.4) is 0 Å². The van der Waals surface area contributed by atoms with E-state index >= 15 is 0 Å². The molecule has 0 bridgehead atoms. The van der Waals surface area contributed by atoms with Crippen molar-refractivity contribution in [1.82, 2.24) is 9.55 Å². The highest BCUT2D eigenvalue weighted by Gasteiger charge is 2.14. The number of nitrogens with one attached hydrogen (secondary N) is 1. The predicted molar refractivity (Wildman–Crippen MR) is 79.6 cm³/mol. The Morgan fingerprint density at radius 3 is 3.05 bits per heavy atom. The van der Waals surface area contributed by atoms with E-state index in [1.807, 2.05) is 16.7 Å². The van der Waals surface area contributed by atoms with Gasteiger partial charge in [-0.3, -0.25) is 9.78 Å². The van der Waals surface area contributed by atoms with Crippen LogP contribution in [0.2, 0.25) is 0 Å². The molecule has 0 saturated carbocycles. The van der Waals surface area contributed by atoms with Crippen LogP contribution in [0.4, 0.5) is 0 Å². The zero-order valence-corrected chi connectivity index (χ0v) is 11.7. The predicted octanol–water partition coefficient (Wildman–Crippen LogP) is 1.47. The molecule has 0 aliphatic carbocycles. The Kier molecular flexibility index (Phi) is 3.42. The Labute approximate surface area is 121 Å². The molecule has 0 amide bonds. The quantitative estimate of drug-likeness (QED) is 0.839. The summed E-state index contributed by atoms with van der Waals surface area (Å²) in [7, 11) is 0. The maximum absolute atomic E-state index is 11.7. The minimum absolute atomic E-state index is 0.199. The lowest BCUT2D eigenvalue weighted by atomic mass is 10.1. The number of ether oxygens (including phenoxy) is 1. The van der Waals surface area contributed by atoms with Gasteiger partial charge in [0, 0.05) is 25.6 Å². The summed E-state index contributed by atoms with van der Waals surface area (Å²) in [4.78, 5) is 14.3. The van der Waals surface area contributed by atoms with Crippen molar-refractivity contribution in [3.63, 3.8) is 0 Å². The Morgan fingerprint density at radius 2 is 2.25 bits per heavy atom. The first-order valence-corrected chi connectivity index (χ1v) is 6.90. The fourth-order valence-electron chi connectivity index (χ4n) is 2.46. The summed E-state index contributed by atoms with van der Waals surface area (Å²) < 4.78 is 7.75. The van der Waals surface area contributed by atoms with Gasteiger partial charge in [0.2, 0.25) is 0 Å². The highest BCUT2D eigenvalue weighted by Crippen LogP contribution is 2.30. The number of hydrogen-bond acceptors (Lipinski definition) is 4. The minimum Gasteiger partial charge on any atom is -0.493 e. The number of fused-ring (bicyclic) bond motifs is 1. The average molecular weight is 289 g/mol. The maximum Gasteiger partial charge on any atom is 0.252 e. The van der Waals surface area contributed by atoms with Gasteiger partial charge in [0.15, 0.2) is 4.77 Å². The van der Waals surface area contributed by atoms with E-state index in [-0.39, 0.29) is 5.56 Å². The van der Waals surface area contributed by atoms with E-state index in [0.717, 1.165) is 29.0 Å². The maximum atomic E-state index is 11.7. The summed E-state index contributed by atoms with van der Waals surface area (Å²) in [6.07, 6.45) is 0.893. The molecule has 0 spiro atoms. The lowest BCUT2D eigenvalue weighted by Gasteiger charge is -2.13. The number of aromatic nitrogens is 2. The highest BCUT2D eigenvalue weighted by molar-refractivity contribution is 7.71. The second-order valence-electron chi connectivity index (χ2n) is 4.69. The lowest BCUT2D eigenvalue weighted by molar-refractivity contribution is 0.357. The molecule has 1 aromatic heterocycles. The number of H-pyrrole nitrogens is 1. The molecule has 1 aromatic carbocycles. The second kappa shape index (κ2) is 5.22. The number of benzene rings is 1. The first-order valence-electron chi connectivity index (χ1n) is 6.49. The van der Waals surface area contributed by atoms with Gasteiger partial charge in [-0.1, -0.05) is 0 Å². The van der Waals surface area contributed by atoms with Gasteiger partial charge in [0.1, 0.15) is 5.75 Å². The standard InChI is InChI=1S/C14H15N3O2S/c15-4-5-17-11(8-13(18)16-14(17)20)9-1-2-12-10(7-9)3-6-19-12/h1-2,7-8H,3-6,15H2,(H,16,18,20). The second-order valence-corrected chi connectivity index (χ2v) is 5.07. The van der Waals surface area contributed by atoms with Crippen LogP contribution >= 0.6 is 12.2 Å². The van der Waals surface area contributed by atoms with E-state index in [1.54, 1.807) is 6.07 Å². The number of aromatic amines is 1. The van der Waals surface area contributed by atoms with Gasteiger partial charge >= 0.3 is 0 Å². The van der Waals surface area contributed by atoms with Crippen LogP contribution in [0.1, 0.15) is 5.56 Å². The monoisotopic (exact) mass is 289 g/mol. The van der Waals surface area contributed by atoms with Crippen LogP contribution in [-0.2, 0) is 13.0 Å². The molecule has 104 valence electrons. The Balaban J connectivity index is 2.18. The molecule has 1 aliphatic rings. The fourth-order valence-corrected chi connectivity index (χ4v) is 2.75. The van der Waals surface area contributed by atoms with Gasteiger partial charge in [-0.25, -0.2) is 0 Å². The minimum atomic E-state index is -0.199. The normalized spacial score (nSPS) is 13.1. The van der Waals surface area contributed by atoms with E-state index in [2.05, 4.69) is 11.1 Å². The van der Waals surface area contributed by atoms with E-state index in [4.69, 9.17) is 22.7 Å². The molecular formula is C14H15N3O2S. The Hall–Kier alpha value is -1.92. The molecule has 0 saturated heterocycles. The molecule has 0 radical (unpaired) electrons. The summed E-state index contributed by atoms with van der Waals surface area (Å²) in [5, 5.41) is 0. The molecule has 3 N–H and O–H groups in total. The Bertz CT molecular complexity index is 764. The zero-order chi connectivity index (χ0) is 14.1. The molecule has 5 nitrogen and oxygen atoms in total. The number of nitrogens with two attached hydrogens (primary N) is 1. The van der Waals surface area contributed by atoms with Crippen molar-refractivity contribution in [1.29, 1.82) is 0 Å². The molecule has 3 rings (SSSR count). The molecular weight excluding hydrogens is 274 g/mol. The van der Waals surface area contributed by atoms with Crippen molar-refractivity contribution in [3.05, 3.63) is 45.0 Å².